The van der Waals surface area contributed by atoms with Gasteiger partial charge in [0.1, 0.15) is 0 Å². The molecule has 0 unspecified atom stereocenters. The van der Waals surface area contributed by atoms with E-state index in [2.05, 4.69) is 44.9 Å². The molecule has 0 saturated heterocycles. The van der Waals surface area contributed by atoms with Gasteiger partial charge in [-0.15, -0.1) is 0 Å². The number of carbonyl (C=O) groups is 1. The number of rotatable bonds is 4. The minimum atomic E-state index is -2.56. The Labute approximate surface area is 212 Å². The Bertz CT molecular complexity index is 1930. The second-order valence-corrected chi connectivity index (χ2v) is 7.82. The molecule has 0 aliphatic rings. The van der Waals surface area contributed by atoms with E-state index < -0.39 is 40.3 Å². The highest BCUT2D eigenvalue weighted by Crippen LogP contribution is 2.32. The van der Waals surface area contributed by atoms with E-state index in [0.717, 1.165) is 13.7 Å². The molecular weight excluding hydrogens is 514 g/mol. The van der Waals surface area contributed by atoms with Crippen LogP contribution in [0.25, 0.3) is 33.5 Å². The van der Waals surface area contributed by atoms with Gasteiger partial charge in [0, 0.05) is 37.2 Å². The number of anilines is 3. The minimum absolute atomic E-state index is 0.261. The molecule has 19 nitrogen and oxygen atoms in total. The molecule has 0 aliphatic carbocycles. The van der Waals surface area contributed by atoms with Crippen LogP contribution in [0.4, 0.5) is 17.8 Å². The Balaban J connectivity index is 1.99. The second-order valence-electron chi connectivity index (χ2n) is 7.82. The minimum Gasteiger partial charge on any atom is -0.369 e. The Hall–Kier alpha value is -6.27. The summed E-state index contributed by atoms with van der Waals surface area (Å²) in [5.74, 6) is -4.29. The van der Waals surface area contributed by atoms with Gasteiger partial charge in [0.25, 0.3) is 5.79 Å². The lowest BCUT2D eigenvalue weighted by Gasteiger charge is -2.37. The van der Waals surface area contributed by atoms with Gasteiger partial charge in [-0.05, 0) is 0 Å². The van der Waals surface area contributed by atoms with Crippen molar-refractivity contribution in [3.8, 4) is 0 Å². The number of nitrogens with zero attached hydrogens (tertiary/aromatic N) is 12. The van der Waals surface area contributed by atoms with Gasteiger partial charge < -0.3 is 17.2 Å². The number of fused-ring (bicyclic) bond motifs is 3. The van der Waals surface area contributed by atoms with E-state index in [1.807, 2.05) is 0 Å². The summed E-state index contributed by atoms with van der Waals surface area (Å²) in [5, 5.41) is 0. The molecule has 192 valence electrons. The first kappa shape index (κ1) is 23.1. The normalized spacial score (nSPS) is 11.8. The summed E-state index contributed by atoms with van der Waals surface area (Å²) in [6.45, 7) is 0. The zero-order chi connectivity index (χ0) is 27.5. The smallest absolute Gasteiger partial charge is 0.302 e. The van der Waals surface area contributed by atoms with Gasteiger partial charge in [0.05, 0.1) is 0 Å². The van der Waals surface area contributed by atoms with Crippen molar-refractivity contribution in [1.29, 1.82) is 0 Å². The highest BCUT2D eigenvalue weighted by atomic mass is 16.1. The van der Waals surface area contributed by atoms with Crippen molar-refractivity contribution in [3.63, 3.8) is 0 Å². The van der Waals surface area contributed by atoms with E-state index in [-0.39, 0.29) is 39.8 Å². The Morgan fingerprint density at radius 2 is 0.821 bits per heavy atom. The van der Waals surface area contributed by atoms with Crippen LogP contribution in [-0.2, 0) is 10.6 Å². The molecule has 0 fully saturated rings. The number of hydrogen-bond donors (Lipinski definition) is 3. The van der Waals surface area contributed by atoms with Crippen molar-refractivity contribution in [2.75, 3.05) is 17.2 Å². The zero-order valence-electron chi connectivity index (χ0n) is 19.3. The molecule has 0 bridgehead atoms. The summed E-state index contributed by atoms with van der Waals surface area (Å²) >= 11 is 0. The highest BCUT2D eigenvalue weighted by molar-refractivity contribution is 5.82. The lowest BCUT2D eigenvalue weighted by Crippen LogP contribution is -2.54. The number of hydrogen-bond acceptors (Lipinski definition) is 16. The van der Waals surface area contributed by atoms with Crippen LogP contribution in [-0.4, -0.2) is 64.8 Å². The van der Waals surface area contributed by atoms with E-state index in [0.29, 0.717) is 0 Å². The third-order valence-electron chi connectivity index (χ3n) is 5.76. The highest BCUT2D eigenvalue weighted by Gasteiger charge is 2.45. The topological polar surface area (TPSA) is 277 Å². The summed E-state index contributed by atoms with van der Waals surface area (Å²) < 4.78 is 2.82. The zero-order valence-corrected chi connectivity index (χ0v) is 19.3. The van der Waals surface area contributed by atoms with E-state index in [1.54, 1.807) is 0 Å². The molecule has 6 heterocycles. The van der Waals surface area contributed by atoms with E-state index in [1.165, 1.54) is 37.2 Å². The Morgan fingerprint density at radius 3 is 1.10 bits per heavy atom. The predicted molar refractivity (Wildman–Crippen MR) is 133 cm³/mol. The molecular formula is C20H13N15O4. The SMILES string of the molecule is Nc1nc(=O)c2nccnc2n1C(C=O)(n1c(N)nc(=O)c2nccnc21)n1c(N)nc(=O)c2nccnc21. The van der Waals surface area contributed by atoms with E-state index in [4.69, 9.17) is 17.2 Å². The Kier molecular flexibility index (Phi) is 4.82. The molecule has 6 aromatic heterocycles. The number of aromatic nitrogens is 12. The molecule has 19 heteroatoms. The van der Waals surface area contributed by atoms with Crippen LogP contribution in [0, 0.1) is 0 Å². The average Bonchev–Trinajstić information content (AvgIpc) is 2.92. The van der Waals surface area contributed by atoms with Crippen molar-refractivity contribution in [1.82, 2.24) is 58.6 Å². The molecule has 0 spiro atoms. The van der Waals surface area contributed by atoms with Crippen molar-refractivity contribution < 1.29 is 4.79 Å². The molecule has 0 atom stereocenters. The van der Waals surface area contributed by atoms with Gasteiger partial charge in [0.15, 0.2) is 39.8 Å². The summed E-state index contributed by atoms with van der Waals surface area (Å²) in [6, 6.07) is 0. The van der Waals surface area contributed by atoms with Crippen LogP contribution in [0.2, 0.25) is 0 Å². The standard InChI is InChI=1S/C20H13N15O4/c21-17-30-14(37)8-11(27-4-1-24-8)33(17)20(7-36,34-12-9(25-2-5-28-12)15(38)31-18(34)22)35-13-10(26-3-6-29-13)16(39)32-19(35)23/h1-7H,(H2,21,30,37)(H2,22,31,38)(H2,23,32,39). The van der Waals surface area contributed by atoms with Crippen molar-refractivity contribution in [3.05, 3.63) is 68.2 Å². The summed E-state index contributed by atoms with van der Waals surface area (Å²) in [4.78, 5) is 87.7. The largest absolute Gasteiger partial charge is 0.369 e. The molecule has 0 aromatic carbocycles. The van der Waals surface area contributed by atoms with Crippen LogP contribution in [0.1, 0.15) is 0 Å². The number of carbonyl (C=O) groups excluding carboxylic acids is 1. The van der Waals surface area contributed by atoms with Gasteiger partial charge in [-0.3, -0.25) is 19.2 Å². The number of nitrogen functional groups attached to an aromatic ring is 3. The summed E-state index contributed by atoms with van der Waals surface area (Å²) in [6.07, 6.45) is 7.61. The molecule has 6 rings (SSSR count). The lowest BCUT2D eigenvalue weighted by atomic mass is 10.2. The van der Waals surface area contributed by atoms with Crippen LogP contribution in [0.3, 0.4) is 0 Å². The van der Waals surface area contributed by atoms with Crippen LogP contribution in [0.15, 0.2) is 51.6 Å². The van der Waals surface area contributed by atoms with Gasteiger partial charge in [-0.25, -0.2) is 43.6 Å². The van der Waals surface area contributed by atoms with E-state index >= 15 is 0 Å². The third kappa shape index (κ3) is 3.06. The predicted octanol–water partition coefficient (Wildman–Crippen LogP) is -3.16. The van der Waals surface area contributed by atoms with Gasteiger partial charge in [-0.1, -0.05) is 0 Å². The lowest BCUT2D eigenvalue weighted by molar-refractivity contribution is -0.117. The van der Waals surface area contributed by atoms with E-state index in [9.17, 15) is 19.2 Å². The molecule has 0 aliphatic heterocycles. The fourth-order valence-corrected chi connectivity index (χ4v) is 4.31. The monoisotopic (exact) mass is 527 g/mol. The molecule has 39 heavy (non-hydrogen) atoms. The van der Waals surface area contributed by atoms with Crippen LogP contribution < -0.4 is 33.9 Å². The van der Waals surface area contributed by atoms with Crippen LogP contribution in [0.5, 0.6) is 0 Å². The van der Waals surface area contributed by atoms with Gasteiger partial charge in [0.2, 0.25) is 17.8 Å². The second kappa shape index (κ2) is 8.12. The maximum atomic E-state index is 13.6. The fourth-order valence-electron chi connectivity index (χ4n) is 4.31. The molecule has 6 N–H and O–H groups in total. The van der Waals surface area contributed by atoms with Crippen LogP contribution >= 0.6 is 0 Å². The molecule has 0 saturated carbocycles. The summed E-state index contributed by atoms with van der Waals surface area (Å²) in [7, 11) is 0. The molecule has 0 amide bonds. The molecule has 0 radical (unpaired) electrons. The van der Waals surface area contributed by atoms with Gasteiger partial charge >= 0.3 is 16.7 Å². The first-order valence-electron chi connectivity index (χ1n) is 10.7. The molecule has 6 aromatic rings. The fraction of sp³-hybridized carbons (Fsp3) is 0.0500. The maximum Gasteiger partial charge on any atom is 0.302 e. The van der Waals surface area contributed by atoms with Gasteiger partial charge in [-0.2, -0.15) is 15.0 Å². The Morgan fingerprint density at radius 1 is 0.538 bits per heavy atom. The number of nitrogens with two attached hydrogens (primary N) is 3. The third-order valence-corrected chi connectivity index (χ3v) is 5.76. The summed E-state index contributed by atoms with van der Waals surface area (Å²) in [5.41, 5.74) is 14.4. The number of aldehydes is 1. The quantitative estimate of drug-likeness (QED) is 0.191. The van der Waals surface area contributed by atoms with Crippen molar-refractivity contribution >= 4 is 57.6 Å². The average molecular weight is 527 g/mol. The van der Waals surface area contributed by atoms with Crippen molar-refractivity contribution in [2.24, 2.45) is 0 Å². The maximum absolute atomic E-state index is 13.6. The first-order valence-corrected chi connectivity index (χ1v) is 10.7. The first-order chi connectivity index (χ1) is 18.8. The van der Waals surface area contributed by atoms with Crippen molar-refractivity contribution in [2.45, 2.75) is 5.79 Å².